The van der Waals surface area contributed by atoms with E-state index in [1.165, 1.54) is 32.5 Å². The van der Waals surface area contributed by atoms with Gasteiger partial charge in [0.25, 0.3) is 17.7 Å². The number of methoxy groups -OCH3 is 1. The predicted molar refractivity (Wildman–Crippen MR) is 112 cm³/mol. The Morgan fingerprint density at radius 2 is 1.35 bits per heavy atom. The zero-order chi connectivity index (χ0) is 22.2. The van der Waals surface area contributed by atoms with Gasteiger partial charge < -0.3 is 14.8 Å². The van der Waals surface area contributed by atoms with Crippen molar-refractivity contribution >= 4 is 17.7 Å². The lowest BCUT2D eigenvalue weighted by Crippen LogP contribution is -2.41. The quantitative estimate of drug-likeness (QED) is 0.527. The molecule has 3 amide bonds. The van der Waals surface area contributed by atoms with Crippen molar-refractivity contribution in [3.8, 4) is 17.2 Å². The molecule has 1 aromatic heterocycles. The lowest BCUT2D eigenvalue weighted by molar-refractivity contribution is 0.0846. The summed E-state index contributed by atoms with van der Waals surface area (Å²) < 4.78 is 10.8. The Labute approximate surface area is 178 Å². The predicted octanol–water partition coefficient (Wildman–Crippen LogP) is 2.32. The zero-order valence-electron chi connectivity index (χ0n) is 16.8. The van der Waals surface area contributed by atoms with Crippen molar-refractivity contribution in [3.63, 3.8) is 0 Å². The van der Waals surface area contributed by atoms with Crippen LogP contribution in [0.4, 0.5) is 0 Å². The van der Waals surface area contributed by atoms with E-state index in [2.05, 4.69) is 21.2 Å². The molecule has 3 aromatic rings. The van der Waals surface area contributed by atoms with Gasteiger partial charge in [-0.15, -0.1) is 0 Å². The summed E-state index contributed by atoms with van der Waals surface area (Å²) in [6, 6.07) is 16.0. The number of amides is 3. The topological polar surface area (TPSA) is 119 Å². The third kappa shape index (κ3) is 5.57. The number of nitrogens with one attached hydrogen (secondary N) is 3. The van der Waals surface area contributed by atoms with Crippen LogP contribution >= 0.6 is 0 Å². The summed E-state index contributed by atoms with van der Waals surface area (Å²) >= 11 is 0. The number of hydrazine groups is 1. The fraction of sp³-hybridized carbons (Fsp3) is 0.0909. The summed E-state index contributed by atoms with van der Waals surface area (Å²) in [4.78, 5) is 40.3. The van der Waals surface area contributed by atoms with E-state index in [0.717, 1.165) is 0 Å². The lowest BCUT2D eigenvalue weighted by Gasteiger charge is -2.10. The molecule has 0 aliphatic carbocycles. The molecule has 0 spiro atoms. The van der Waals surface area contributed by atoms with Crippen molar-refractivity contribution in [2.75, 3.05) is 14.2 Å². The Morgan fingerprint density at radius 1 is 0.774 bits per heavy atom. The van der Waals surface area contributed by atoms with E-state index in [0.29, 0.717) is 22.8 Å². The van der Waals surface area contributed by atoms with Crippen molar-refractivity contribution in [1.82, 2.24) is 21.2 Å². The SMILES string of the molecule is CNC(=O)c1cc(Oc2cccc(C(=O)NNC(=O)c3cccc(OC)c3)c2)ccn1. The highest BCUT2D eigenvalue weighted by molar-refractivity contribution is 5.99. The summed E-state index contributed by atoms with van der Waals surface area (Å²) in [7, 11) is 3.01. The van der Waals surface area contributed by atoms with Gasteiger partial charge in [-0.3, -0.25) is 30.2 Å². The van der Waals surface area contributed by atoms with E-state index >= 15 is 0 Å². The van der Waals surface area contributed by atoms with E-state index < -0.39 is 11.8 Å². The fourth-order valence-corrected chi connectivity index (χ4v) is 2.59. The van der Waals surface area contributed by atoms with Crippen molar-refractivity contribution in [2.45, 2.75) is 0 Å². The average molecular weight is 420 g/mol. The van der Waals surface area contributed by atoms with Crippen LogP contribution in [0, 0.1) is 0 Å². The van der Waals surface area contributed by atoms with Gasteiger partial charge in [-0.1, -0.05) is 12.1 Å². The Bertz CT molecular complexity index is 1120. The van der Waals surface area contributed by atoms with Crippen LogP contribution < -0.4 is 25.6 Å². The van der Waals surface area contributed by atoms with Gasteiger partial charge in [-0.25, -0.2) is 0 Å². The maximum Gasteiger partial charge on any atom is 0.269 e. The number of nitrogens with zero attached hydrogens (tertiary/aromatic N) is 1. The van der Waals surface area contributed by atoms with Crippen LogP contribution in [0.3, 0.4) is 0 Å². The van der Waals surface area contributed by atoms with E-state index in [-0.39, 0.29) is 17.2 Å². The number of ether oxygens (including phenoxy) is 2. The van der Waals surface area contributed by atoms with E-state index in [4.69, 9.17) is 9.47 Å². The smallest absolute Gasteiger partial charge is 0.269 e. The van der Waals surface area contributed by atoms with E-state index in [9.17, 15) is 14.4 Å². The minimum absolute atomic E-state index is 0.203. The first-order chi connectivity index (χ1) is 15.0. The maximum absolute atomic E-state index is 12.4. The molecule has 0 radical (unpaired) electrons. The summed E-state index contributed by atoms with van der Waals surface area (Å²) in [5.41, 5.74) is 5.52. The molecule has 0 saturated heterocycles. The van der Waals surface area contributed by atoms with Gasteiger partial charge in [0.05, 0.1) is 7.11 Å². The summed E-state index contributed by atoms with van der Waals surface area (Å²) in [5.74, 6) is -0.0659. The van der Waals surface area contributed by atoms with Crippen LogP contribution in [-0.2, 0) is 0 Å². The number of aromatic nitrogens is 1. The molecule has 0 saturated carbocycles. The van der Waals surface area contributed by atoms with Crippen LogP contribution in [-0.4, -0.2) is 36.9 Å². The van der Waals surface area contributed by atoms with Crippen molar-refractivity contribution in [2.24, 2.45) is 0 Å². The number of carbonyl (C=O) groups is 3. The number of rotatable bonds is 6. The van der Waals surface area contributed by atoms with Crippen LogP contribution in [0.1, 0.15) is 31.2 Å². The van der Waals surface area contributed by atoms with Gasteiger partial charge in [0.15, 0.2) is 0 Å². The number of pyridine rings is 1. The van der Waals surface area contributed by atoms with Crippen LogP contribution in [0.5, 0.6) is 17.2 Å². The molecule has 0 unspecified atom stereocenters. The Hall–Kier alpha value is -4.40. The minimum Gasteiger partial charge on any atom is -0.497 e. The molecule has 0 aliphatic rings. The van der Waals surface area contributed by atoms with Crippen LogP contribution in [0.2, 0.25) is 0 Å². The van der Waals surface area contributed by atoms with Gasteiger partial charge in [0.1, 0.15) is 22.9 Å². The first kappa shape index (κ1) is 21.3. The second kappa shape index (κ2) is 9.88. The normalized spacial score (nSPS) is 10.0. The summed E-state index contributed by atoms with van der Waals surface area (Å²) in [5, 5.41) is 2.49. The lowest BCUT2D eigenvalue weighted by atomic mass is 10.2. The largest absolute Gasteiger partial charge is 0.497 e. The van der Waals surface area contributed by atoms with Gasteiger partial charge in [0, 0.05) is 30.4 Å². The zero-order valence-corrected chi connectivity index (χ0v) is 16.8. The fourth-order valence-electron chi connectivity index (χ4n) is 2.59. The van der Waals surface area contributed by atoms with Crippen LogP contribution in [0.25, 0.3) is 0 Å². The first-order valence-corrected chi connectivity index (χ1v) is 9.21. The standard InChI is InChI=1S/C22H20N4O5/c1-23-22(29)19-13-18(9-10-24-19)31-17-8-4-6-15(12-17)21(28)26-25-20(27)14-5-3-7-16(11-14)30-2/h3-13H,1-2H3,(H,23,29)(H,25,27)(H,26,28). The highest BCUT2D eigenvalue weighted by Crippen LogP contribution is 2.22. The van der Waals surface area contributed by atoms with E-state index in [1.54, 1.807) is 48.5 Å². The number of hydrogen-bond acceptors (Lipinski definition) is 6. The number of carbonyl (C=O) groups excluding carboxylic acids is 3. The first-order valence-electron chi connectivity index (χ1n) is 9.21. The second-order valence-electron chi connectivity index (χ2n) is 6.23. The Morgan fingerprint density at radius 3 is 1.97 bits per heavy atom. The monoisotopic (exact) mass is 420 g/mol. The number of hydrogen-bond donors (Lipinski definition) is 3. The van der Waals surface area contributed by atoms with Gasteiger partial charge in [-0.05, 0) is 42.5 Å². The third-order valence-corrected chi connectivity index (χ3v) is 4.14. The molecule has 0 bridgehead atoms. The molecule has 31 heavy (non-hydrogen) atoms. The summed E-state index contributed by atoms with van der Waals surface area (Å²) in [6.45, 7) is 0. The second-order valence-corrected chi connectivity index (χ2v) is 6.23. The molecule has 9 heteroatoms. The van der Waals surface area contributed by atoms with Gasteiger partial charge >= 0.3 is 0 Å². The molecule has 0 fully saturated rings. The highest BCUT2D eigenvalue weighted by atomic mass is 16.5. The Balaban J connectivity index is 1.65. The summed E-state index contributed by atoms with van der Waals surface area (Å²) in [6.07, 6.45) is 1.45. The van der Waals surface area contributed by atoms with E-state index in [1.807, 2.05) is 0 Å². The van der Waals surface area contributed by atoms with Gasteiger partial charge in [-0.2, -0.15) is 0 Å². The Kier molecular flexibility index (Phi) is 6.79. The molecule has 0 atom stereocenters. The molecule has 3 rings (SSSR count). The average Bonchev–Trinajstić information content (AvgIpc) is 2.82. The molecule has 0 aliphatic heterocycles. The maximum atomic E-state index is 12.4. The molecule has 158 valence electrons. The van der Waals surface area contributed by atoms with Crippen molar-refractivity contribution in [1.29, 1.82) is 0 Å². The van der Waals surface area contributed by atoms with Crippen molar-refractivity contribution < 1.29 is 23.9 Å². The van der Waals surface area contributed by atoms with Crippen molar-refractivity contribution in [3.05, 3.63) is 83.7 Å². The third-order valence-electron chi connectivity index (χ3n) is 4.14. The molecular weight excluding hydrogens is 400 g/mol. The molecule has 2 aromatic carbocycles. The van der Waals surface area contributed by atoms with Crippen LogP contribution in [0.15, 0.2) is 66.9 Å². The van der Waals surface area contributed by atoms with Gasteiger partial charge in [0.2, 0.25) is 0 Å². The molecule has 1 heterocycles. The highest BCUT2D eigenvalue weighted by Gasteiger charge is 2.12. The minimum atomic E-state index is -0.525. The molecular formula is C22H20N4O5. The molecule has 9 nitrogen and oxygen atoms in total. The molecule has 3 N–H and O–H groups in total. The number of benzene rings is 2.